The molecule has 2 fully saturated rings. The second-order valence-electron chi connectivity index (χ2n) is 11.0. The summed E-state index contributed by atoms with van der Waals surface area (Å²) in [5.74, 6) is -1.20. The molecular formula is C33H37N3O7S. The van der Waals surface area contributed by atoms with E-state index in [1.54, 1.807) is 24.3 Å². The van der Waals surface area contributed by atoms with E-state index < -0.39 is 27.8 Å². The van der Waals surface area contributed by atoms with E-state index in [1.165, 1.54) is 43.3 Å². The van der Waals surface area contributed by atoms with E-state index in [0.717, 1.165) is 29.5 Å². The van der Waals surface area contributed by atoms with Crippen molar-refractivity contribution in [1.82, 2.24) is 14.1 Å². The maximum atomic E-state index is 13.5. The Balaban J connectivity index is 1.44. The predicted octanol–water partition coefficient (Wildman–Crippen LogP) is 3.66. The molecule has 0 aromatic heterocycles. The molecule has 3 aromatic rings. The number of carbonyl (C=O) groups excluding carboxylic acids is 2. The number of likely N-dealkylation sites (tertiary alicyclic amines) is 1. The van der Waals surface area contributed by atoms with Crippen LogP contribution in [0.25, 0.3) is 5.76 Å². The van der Waals surface area contributed by atoms with Gasteiger partial charge in [0.05, 0.1) is 29.7 Å². The van der Waals surface area contributed by atoms with Crippen LogP contribution in [0.2, 0.25) is 0 Å². The van der Waals surface area contributed by atoms with Crippen molar-refractivity contribution < 1.29 is 32.6 Å². The molecule has 1 atom stereocenters. The zero-order valence-corrected chi connectivity index (χ0v) is 25.7. The van der Waals surface area contributed by atoms with Gasteiger partial charge in [0, 0.05) is 45.8 Å². The average Bonchev–Trinajstić information content (AvgIpc) is 3.29. The van der Waals surface area contributed by atoms with E-state index in [9.17, 15) is 23.1 Å². The number of hydrogen-bond donors (Lipinski definition) is 1. The van der Waals surface area contributed by atoms with E-state index in [-0.39, 0.29) is 21.8 Å². The Morgan fingerprint density at radius 3 is 2.23 bits per heavy atom. The van der Waals surface area contributed by atoms with E-state index >= 15 is 0 Å². The van der Waals surface area contributed by atoms with Crippen LogP contribution in [0.15, 0.2) is 89.3 Å². The number of carbonyl (C=O) groups is 2. The predicted molar refractivity (Wildman–Crippen MR) is 165 cm³/mol. The second kappa shape index (κ2) is 13.7. The molecule has 0 spiro atoms. The van der Waals surface area contributed by atoms with Crippen LogP contribution in [0.5, 0.6) is 5.75 Å². The molecule has 2 aliphatic heterocycles. The van der Waals surface area contributed by atoms with Crippen molar-refractivity contribution in [3.63, 3.8) is 0 Å². The molecule has 11 heteroatoms. The molecule has 44 heavy (non-hydrogen) atoms. The van der Waals surface area contributed by atoms with Gasteiger partial charge in [-0.3, -0.25) is 14.5 Å². The number of morpholine rings is 1. The number of amides is 1. The molecular weight excluding hydrogens is 582 g/mol. The first-order chi connectivity index (χ1) is 21.2. The monoisotopic (exact) mass is 619 g/mol. The normalized spacial score (nSPS) is 19.1. The van der Waals surface area contributed by atoms with Crippen LogP contribution < -0.4 is 4.74 Å². The maximum Gasteiger partial charge on any atom is 0.295 e. The molecule has 3 aromatic carbocycles. The van der Waals surface area contributed by atoms with E-state index in [4.69, 9.17) is 9.47 Å². The minimum Gasteiger partial charge on any atom is -0.507 e. The third-order valence-electron chi connectivity index (χ3n) is 7.87. The summed E-state index contributed by atoms with van der Waals surface area (Å²) in [6.45, 7) is 4.40. The number of nitrogens with zero attached hydrogens (tertiary/aromatic N) is 3. The molecule has 10 nitrogen and oxygen atoms in total. The molecule has 0 bridgehead atoms. The van der Waals surface area contributed by atoms with Gasteiger partial charge in [0.1, 0.15) is 18.1 Å². The number of benzene rings is 3. The second-order valence-corrected chi connectivity index (χ2v) is 13.1. The summed E-state index contributed by atoms with van der Waals surface area (Å²) in [7, 11) is -0.820. The smallest absolute Gasteiger partial charge is 0.295 e. The molecule has 2 aliphatic rings. The van der Waals surface area contributed by atoms with Crippen LogP contribution in [-0.2, 0) is 31.0 Å². The van der Waals surface area contributed by atoms with Gasteiger partial charge in [-0.1, -0.05) is 42.5 Å². The highest BCUT2D eigenvalue weighted by molar-refractivity contribution is 7.89. The average molecular weight is 620 g/mol. The van der Waals surface area contributed by atoms with Gasteiger partial charge in [-0.15, -0.1) is 0 Å². The van der Waals surface area contributed by atoms with Crippen LogP contribution >= 0.6 is 0 Å². The number of hydrogen-bond acceptors (Lipinski definition) is 8. The number of sulfonamides is 1. The summed E-state index contributed by atoms with van der Waals surface area (Å²) in [5, 5.41) is 11.4. The fraction of sp³-hybridized carbons (Fsp3) is 0.333. The first-order valence-corrected chi connectivity index (χ1v) is 16.0. The quantitative estimate of drug-likeness (QED) is 0.196. The van der Waals surface area contributed by atoms with Crippen LogP contribution in [-0.4, -0.2) is 92.8 Å². The van der Waals surface area contributed by atoms with Crippen LogP contribution in [0.4, 0.5) is 0 Å². The van der Waals surface area contributed by atoms with Gasteiger partial charge in [0.25, 0.3) is 11.7 Å². The van der Waals surface area contributed by atoms with Gasteiger partial charge >= 0.3 is 0 Å². The molecule has 0 saturated carbocycles. The minimum absolute atomic E-state index is 0.0393. The highest BCUT2D eigenvalue weighted by atomic mass is 32.2. The Kier molecular flexibility index (Phi) is 9.80. The highest BCUT2D eigenvalue weighted by Gasteiger charge is 2.45. The molecule has 1 N–H and O–H groups in total. The van der Waals surface area contributed by atoms with Gasteiger partial charge in [-0.05, 0) is 53.9 Å². The number of aliphatic hydroxyl groups is 1. The molecule has 2 heterocycles. The van der Waals surface area contributed by atoms with Crippen LogP contribution in [0.3, 0.4) is 0 Å². The van der Waals surface area contributed by atoms with Crippen molar-refractivity contribution in [2.45, 2.75) is 24.0 Å². The third-order valence-corrected chi connectivity index (χ3v) is 9.70. The lowest BCUT2D eigenvalue weighted by molar-refractivity contribution is -0.140. The molecule has 0 aliphatic carbocycles. The summed E-state index contributed by atoms with van der Waals surface area (Å²) in [6.07, 6.45) is 0.638. The fourth-order valence-electron chi connectivity index (χ4n) is 5.38. The highest BCUT2D eigenvalue weighted by Crippen LogP contribution is 2.40. The summed E-state index contributed by atoms with van der Waals surface area (Å²) in [5.41, 5.74) is 1.87. The van der Waals surface area contributed by atoms with Crippen molar-refractivity contribution >= 4 is 27.5 Å². The first kappa shape index (κ1) is 31.4. The van der Waals surface area contributed by atoms with Crippen molar-refractivity contribution in [2.75, 3.05) is 53.5 Å². The standard InChI is InChI=1S/C33H37N3O7S/c1-34(2)44(40,41)28-15-11-26(12-16-28)31(37)29-30(25-9-13-27(14-10-25)43-23-24-7-4-3-5-8-24)36(33(39)32(29)38)18-6-17-35-19-21-42-22-20-35/h3-5,7-16,30,37H,6,17-23H2,1-2H3/b31-29-. The molecule has 1 amide bonds. The van der Waals surface area contributed by atoms with Gasteiger partial charge < -0.3 is 19.5 Å². The van der Waals surface area contributed by atoms with Crippen molar-refractivity contribution in [3.8, 4) is 5.75 Å². The Bertz CT molecular complexity index is 1600. The molecule has 5 rings (SSSR count). The summed E-state index contributed by atoms with van der Waals surface area (Å²) < 4.78 is 37.5. The topological polar surface area (TPSA) is 117 Å². The number of Topliss-reactive ketones (excluding diaryl/α,β-unsaturated/α-hetero) is 1. The Morgan fingerprint density at radius 1 is 0.932 bits per heavy atom. The molecule has 1 unspecified atom stereocenters. The van der Waals surface area contributed by atoms with Gasteiger partial charge in [-0.25, -0.2) is 12.7 Å². The summed E-state index contributed by atoms with van der Waals surface area (Å²) in [6, 6.07) is 21.7. The maximum absolute atomic E-state index is 13.5. The van der Waals surface area contributed by atoms with E-state index in [0.29, 0.717) is 44.1 Å². The van der Waals surface area contributed by atoms with Gasteiger partial charge in [0.15, 0.2) is 0 Å². The van der Waals surface area contributed by atoms with Crippen molar-refractivity contribution in [3.05, 3.63) is 101 Å². The number of ketones is 1. The zero-order chi connectivity index (χ0) is 31.3. The van der Waals surface area contributed by atoms with Crippen molar-refractivity contribution in [2.24, 2.45) is 0 Å². The lowest BCUT2D eigenvalue weighted by Gasteiger charge is -2.29. The van der Waals surface area contributed by atoms with Crippen molar-refractivity contribution in [1.29, 1.82) is 0 Å². The lowest BCUT2D eigenvalue weighted by Crippen LogP contribution is -2.38. The molecule has 232 valence electrons. The largest absolute Gasteiger partial charge is 0.507 e. The first-order valence-electron chi connectivity index (χ1n) is 14.5. The van der Waals surface area contributed by atoms with Crippen LogP contribution in [0, 0.1) is 0 Å². The molecule has 2 saturated heterocycles. The third kappa shape index (κ3) is 6.86. The van der Waals surface area contributed by atoms with E-state index in [2.05, 4.69) is 4.90 Å². The lowest BCUT2D eigenvalue weighted by atomic mass is 9.95. The number of aliphatic hydroxyl groups excluding tert-OH is 1. The number of ether oxygens (including phenoxy) is 2. The molecule has 0 radical (unpaired) electrons. The Hall–Kier alpha value is -4.03. The summed E-state index contributed by atoms with van der Waals surface area (Å²) >= 11 is 0. The summed E-state index contributed by atoms with van der Waals surface area (Å²) in [4.78, 5) is 30.7. The number of rotatable bonds is 11. The van der Waals surface area contributed by atoms with Gasteiger partial charge in [-0.2, -0.15) is 0 Å². The van der Waals surface area contributed by atoms with Gasteiger partial charge in [0.2, 0.25) is 10.0 Å². The fourth-order valence-corrected chi connectivity index (χ4v) is 6.29. The zero-order valence-electron chi connectivity index (χ0n) is 24.9. The Morgan fingerprint density at radius 2 is 1.59 bits per heavy atom. The van der Waals surface area contributed by atoms with E-state index in [1.807, 2.05) is 30.3 Å². The SMILES string of the molecule is CN(C)S(=O)(=O)c1ccc(/C(O)=C2/C(=O)C(=O)N(CCCN3CCOCC3)C2c2ccc(OCc3ccccc3)cc2)cc1. The minimum atomic E-state index is -3.68. The Labute approximate surface area is 258 Å². The van der Waals surface area contributed by atoms with Crippen LogP contribution in [0.1, 0.15) is 29.2 Å².